The van der Waals surface area contributed by atoms with Crippen molar-refractivity contribution in [1.82, 2.24) is 19.5 Å². The molecule has 8 bridgehead atoms. The summed E-state index contributed by atoms with van der Waals surface area (Å²) in [6.07, 6.45) is 11.2. The summed E-state index contributed by atoms with van der Waals surface area (Å²) in [7, 11) is 0. The van der Waals surface area contributed by atoms with E-state index in [1.165, 1.54) is 47.2 Å². The molecule has 0 aliphatic carbocycles. The van der Waals surface area contributed by atoms with Gasteiger partial charge in [-0.15, -0.1) is 45.3 Å². The number of H-pyrrole nitrogens is 1. The Kier molecular flexibility index (Phi) is 7.86. The largest absolute Gasteiger partial charge is 0.355 e. The van der Waals surface area contributed by atoms with E-state index in [2.05, 4.69) is 134 Å². The van der Waals surface area contributed by atoms with E-state index in [0.29, 0.717) is 0 Å². The third-order valence-electron chi connectivity index (χ3n) is 8.77. The van der Waals surface area contributed by atoms with Crippen LogP contribution in [0.15, 0.2) is 100 Å². The van der Waals surface area contributed by atoms with Crippen LogP contribution >= 0.6 is 45.3 Å². The Morgan fingerprint density at radius 1 is 0.521 bits per heavy atom. The van der Waals surface area contributed by atoms with Gasteiger partial charge in [0, 0.05) is 60.9 Å². The number of rotatable bonds is 8. The molecule has 9 heterocycles. The van der Waals surface area contributed by atoms with E-state index in [1.54, 1.807) is 0 Å². The Morgan fingerprint density at radius 3 is 1.65 bits per heavy atom. The van der Waals surface area contributed by atoms with E-state index in [1.807, 2.05) is 45.3 Å². The Hall–Kier alpha value is -4.60. The van der Waals surface area contributed by atoms with Crippen LogP contribution < -0.4 is 0 Å². The minimum Gasteiger partial charge on any atom is -0.355 e. The lowest BCUT2D eigenvalue weighted by molar-refractivity contribution is 0.872. The van der Waals surface area contributed by atoms with Gasteiger partial charge in [-0.2, -0.15) is 0 Å². The van der Waals surface area contributed by atoms with Crippen LogP contribution in [-0.2, 0) is 25.8 Å². The molecule has 2 aliphatic heterocycles. The molecule has 7 aromatic rings. The summed E-state index contributed by atoms with van der Waals surface area (Å²) in [5.74, 6) is 0. The smallest absolute Gasteiger partial charge is 0.0694 e. The highest BCUT2D eigenvalue weighted by Crippen LogP contribution is 2.37. The number of aromatic amines is 1. The zero-order chi connectivity index (χ0) is 31.9. The van der Waals surface area contributed by atoms with Gasteiger partial charge in [-0.05, 0) is 112 Å². The van der Waals surface area contributed by atoms with Crippen LogP contribution in [0.4, 0.5) is 0 Å². The first kappa shape index (κ1) is 29.5. The third kappa shape index (κ3) is 5.97. The molecule has 0 unspecified atom stereocenters. The van der Waals surface area contributed by atoms with Crippen LogP contribution in [-0.4, -0.2) is 19.5 Å². The van der Waals surface area contributed by atoms with Crippen molar-refractivity contribution in [2.75, 3.05) is 0 Å². The van der Waals surface area contributed by atoms with Gasteiger partial charge in [0.2, 0.25) is 0 Å². The number of thiophene rings is 4. The van der Waals surface area contributed by atoms with Crippen molar-refractivity contribution in [2.24, 2.45) is 0 Å². The minimum absolute atomic E-state index is 0.776. The van der Waals surface area contributed by atoms with Gasteiger partial charge in [0.15, 0.2) is 0 Å². The van der Waals surface area contributed by atoms with Crippen molar-refractivity contribution in [3.8, 4) is 0 Å². The number of fused-ring (bicyclic) bond motifs is 8. The maximum absolute atomic E-state index is 5.32. The van der Waals surface area contributed by atoms with Crippen LogP contribution in [0.2, 0.25) is 0 Å². The van der Waals surface area contributed by atoms with Crippen molar-refractivity contribution >= 4 is 91.7 Å². The molecule has 7 aromatic heterocycles. The molecule has 0 spiro atoms. The maximum Gasteiger partial charge on any atom is 0.0694 e. The molecule has 4 nitrogen and oxygen atoms in total. The van der Waals surface area contributed by atoms with Crippen LogP contribution in [0.3, 0.4) is 0 Å². The SMILES string of the molecule is C1=Cc2cc3c(Cc4cccs4)c(Cc4cccs4)c(c(Cc4cccs4)c4nc(cc5ccc(cc1n2)[nH]5)C=C4)n3Cc1cccs1. The second-order valence-electron chi connectivity index (χ2n) is 12.0. The van der Waals surface area contributed by atoms with Crippen molar-refractivity contribution in [3.05, 3.63) is 159 Å². The van der Waals surface area contributed by atoms with Gasteiger partial charge in [0.25, 0.3) is 0 Å². The Bertz CT molecular complexity index is 2440. The summed E-state index contributed by atoms with van der Waals surface area (Å²) in [4.78, 5) is 19.3. The molecule has 0 saturated carbocycles. The molecule has 0 aromatic carbocycles. The molecule has 8 heteroatoms. The highest BCUT2D eigenvalue weighted by molar-refractivity contribution is 7.10. The maximum atomic E-state index is 5.32. The predicted molar refractivity (Wildman–Crippen MR) is 207 cm³/mol. The number of hydrogen-bond acceptors (Lipinski definition) is 6. The lowest BCUT2D eigenvalue weighted by Gasteiger charge is -2.12. The second-order valence-corrected chi connectivity index (χ2v) is 16.1. The third-order valence-corrected chi connectivity index (χ3v) is 12.3. The van der Waals surface area contributed by atoms with Gasteiger partial charge in [0.05, 0.1) is 34.8 Å². The van der Waals surface area contributed by atoms with Crippen molar-refractivity contribution < 1.29 is 0 Å². The number of nitrogens with zero attached hydrogens (tertiary/aromatic N) is 3. The molecule has 1 N–H and O–H groups in total. The van der Waals surface area contributed by atoms with Crippen LogP contribution in [0.5, 0.6) is 0 Å². The molecule has 0 amide bonds. The number of nitrogens with one attached hydrogen (secondary N) is 1. The summed E-state index contributed by atoms with van der Waals surface area (Å²) < 4.78 is 2.58. The van der Waals surface area contributed by atoms with Gasteiger partial charge in [0.1, 0.15) is 0 Å². The number of aromatic nitrogens is 4. The molecule has 0 fully saturated rings. The monoisotopic (exact) mass is 694 g/mol. The van der Waals surface area contributed by atoms with Gasteiger partial charge in [-0.3, -0.25) is 0 Å². The average Bonchev–Trinajstić information content (AvgIpc) is 3.93. The average molecular weight is 695 g/mol. The predicted octanol–water partition coefficient (Wildman–Crippen LogP) is 11.2. The molecule has 0 atom stereocenters. The Morgan fingerprint density at radius 2 is 1.04 bits per heavy atom. The molecule has 0 saturated heterocycles. The fourth-order valence-corrected chi connectivity index (χ4v) is 9.50. The molecule has 2 aliphatic rings. The summed E-state index contributed by atoms with van der Waals surface area (Å²) >= 11 is 7.29. The highest BCUT2D eigenvalue weighted by Gasteiger charge is 2.23. The summed E-state index contributed by atoms with van der Waals surface area (Å²) in [6, 6.07) is 28.5. The fraction of sp³-hybridized carbons (Fsp3) is 0.100. The Labute approximate surface area is 294 Å². The van der Waals surface area contributed by atoms with Crippen molar-refractivity contribution in [3.63, 3.8) is 0 Å². The topological polar surface area (TPSA) is 46.5 Å². The van der Waals surface area contributed by atoms with Crippen molar-refractivity contribution in [2.45, 2.75) is 25.8 Å². The molecule has 9 rings (SSSR count). The summed E-state index contributed by atoms with van der Waals surface area (Å²) in [5, 5.41) is 8.75. The molecule has 0 radical (unpaired) electrons. The first-order chi connectivity index (χ1) is 23.7. The highest BCUT2D eigenvalue weighted by atomic mass is 32.1. The second kappa shape index (κ2) is 12.8. The van der Waals surface area contributed by atoms with E-state index in [0.717, 1.165) is 59.6 Å². The first-order valence-corrected chi connectivity index (χ1v) is 19.4. The van der Waals surface area contributed by atoms with E-state index >= 15 is 0 Å². The van der Waals surface area contributed by atoms with Gasteiger partial charge < -0.3 is 9.55 Å². The normalized spacial score (nSPS) is 12.3. The first-order valence-electron chi connectivity index (χ1n) is 15.9. The van der Waals surface area contributed by atoms with Crippen molar-refractivity contribution in [1.29, 1.82) is 0 Å². The van der Waals surface area contributed by atoms with Crippen LogP contribution in [0, 0.1) is 0 Å². The van der Waals surface area contributed by atoms with Gasteiger partial charge in [-0.25, -0.2) is 9.97 Å². The van der Waals surface area contributed by atoms with Crippen LogP contribution in [0.25, 0.3) is 46.4 Å². The minimum atomic E-state index is 0.776. The zero-order valence-electron chi connectivity index (χ0n) is 25.9. The van der Waals surface area contributed by atoms with E-state index < -0.39 is 0 Å². The number of hydrogen-bond donors (Lipinski definition) is 1. The summed E-state index contributed by atoms with van der Waals surface area (Å²) in [6.45, 7) is 0.776. The Balaban J connectivity index is 1.47. The van der Waals surface area contributed by atoms with E-state index in [4.69, 9.17) is 9.97 Å². The van der Waals surface area contributed by atoms with E-state index in [-0.39, 0.29) is 0 Å². The molecular formula is C40H30N4S4. The lowest BCUT2D eigenvalue weighted by Crippen LogP contribution is -2.03. The standard InChI is InChI=1S/C40H30N4S4/c1-5-31(45-15-1)22-35-36(23-32-6-2-16-46-32)40-37(24-33-7-3-17-47-33)38-14-13-29(43-38)20-28-10-9-26(41-28)19-27-11-12-30(42-27)21-39(35)44(40)25-34-8-4-18-48-34/h1-21,41H,22-25H2. The van der Waals surface area contributed by atoms with E-state index in [9.17, 15) is 0 Å². The lowest BCUT2D eigenvalue weighted by atomic mass is 9.98. The molecule has 48 heavy (non-hydrogen) atoms. The quantitative estimate of drug-likeness (QED) is 0.172. The van der Waals surface area contributed by atoms with Crippen LogP contribution in [0.1, 0.15) is 59.0 Å². The summed E-state index contributed by atoms with van der Waals surface area (Å²) in [5.41, 5.74) is 12.4. The fourth-order valence-electron chi connectivity index (χ4n) is 6.66. The van der Waals surface area contributed by atoms with Gasteiger partial charge >= 0.3 is 0 Å². The molecule has 234 valence electrons. The van der Waals surface area contributed by atoms with Gasteiger partial charge in [-0.1, -0.05) is 24.3 Å². The zero-order valence-corrected chi connectivity index (χ0v) is 29.2. The molecular weight excluding hydrogens is 665 g/mol.